The lowest BCUT2D eigenvalue weighted by Crippen LogP contribution is -1.97. The van der Waals surface area contributed by atoms with Gasteiger partial charge in [-0.1, -0.05) is 5.22 Å². The summed E-state index contributed by atoms with van der Waals surface area (Å²) in [5, 5.41) is 17.2. The van der Waals surface area contributed by atoms with Crippen LogP contribution in [0.1, 0.15) is 5.69 Å². The Hall–Kier alpha value is -1.46. The van der Waals surface area contributed by atoms with Crippen LogP contribution in [0.3, 0.4) is 0 Å². The van der Waals surface area contributed by atoms with E-state index >= 15 is 0 Å². The molecule has 46 valence electrons. The van der Waals surface area contributed by atoms with Crippen molar-refractivity contribution in [2.75, 3.05) is 5.43 Å². The van der Waals surface area contributed by atoms with Gasteiger partial charge in [0, 0.05) is 0 Å². The molecule has 0 saturated carbocycles. The smallest absolute Gasteiger partial charge is 0.195 e. The molecule has 1 aromatic rings. The molecule has 1 aliphatic rings. The summed E-state index contributed by atoms with van der Waals surface area (Å²) in [6.07, 6.45) is 0. The lowest BCUT2D eigenvalue weighted by molar-refractivity contribution is 0.847. The van der Waals surface area contributed by atoms with Crippen molar-refractivity contribution in [3.05, 3.63) is 5.69 Å². The van der Waals surface area contributed by atoms with Gasteiger partial charge in [0.1, 0.15) is 12.2 Å². The summed E-state index contributed by atoms with van der Waals surface area (Å²) < 4.78 is 0. The van der Waals surface area contributed by atoms with Crippen LogP contribution in [0.4, 0.5) is 5.82 Å². The predicted molar refractivity (Wildman–Crippen MR) is 28.6 cm³/mol. The van der Waals surface area contributed by atoms with Gasteiger partial charge in [0.05, 0.1) is 0 Å². The van der Waals surface area contributed by atoms with Crippen molar-refractivity contribution in [1.82, 2.24) is 15.4 Å². The fourth-order valence-electron chi connectivity index (χ4n) is 0.638. The summed E-state index contributed by atoms with van der Waals surface area (Å²) in [6, 6.07) is 0. The van der Waals surface area contributed by atoms with Crippen LogP contribution >= 0.6 is 0 Å². The van der Waals surface area contributed by atoms with E-state index in [0.29, 0.717) is 12.4 Å². The van der Waals surface area contributed by atoms with Gasteiger partial charge < -0.3 is 0 Å². The average Bonchev–Trinajstić information content (AvgIpc) is 2.33. The monoisotopic (exact) mass is 124 g/mol. The Bertz CT molecular complexity index is 214. The first-order chi connectivity index (χ1) is 4.47. The Morgan fingerprint density at radius 3 is 3.22 bits per heavy atom. The molecular weight excluding hydrogens is 120 g/mol. The zero-order chi connectivity index (χ0) is 6.10. The molecule has 1 aliphatic heterocycles. The normalized spacial score (nSPS) is 14.7. The number of H-pyrrole nitrogens is 1. The van der Waals surface area contributed by atoms with Crippen molar-refractivity contribution in [3.63, 3.8) is 0 Å². The maximum Gasteiger partial charge on any atom is 0.195 e. The molecule has 6 heteroatoms. The summed E-state index contributed by atoms with van der Waals surface area (Å²) >= 11 is 0. The van der Waals surface area contributed by atoms with Crippen LogP contribution in [0.15, 0.2) is 10.3 Å². The number of hydrogen-bond donors (Lipinski definition) is 2. The first kappa shape index (κ1) is 4.42. The van der Waals surface area contributed by atoms with E-state index < -0.39 is 0 Å². The van der Waals surface area contributed by atoms with E-state index in [-0.39, 0.29) is 0 Å². The Kier molecular flexibility index (Phi) is 0.741. The van der Waals surface area contributed by atoms with Crippen molar-refractivity contribution in [2.24, 2.45) is 10.3 Å². The lowest BCUT2D eigenvalue weighted by Gasteiger charge is -1.98. The molecule has 2 rings (SSSR count). The van der Waals surface area contributed by atoms with Gasteiger partial charge in [0.2, 0.25) is 0 Å². The van der Waals surface area contributed by atoms with E-state index in [4.69, 9.17) is 0 Å². The molecule has 1 aromatic heterocycles. The van der Waals surface area contributed by atoms with E-state index in [1.54, 1.807) is 0 Å². The summed E-state index contributed by atoms with van der Waals surface area (Å²) in [4.78, 5) is 0. The van der Waals surface area contributed by atoms with Crippen molar-refractivity contribution in [2.45, 2.75) is 6.54 Å². The SMILES string of the molecule is C1N=NNc2n[nH]nc21. The minimum Gasteiger partial charge on any atom is -0.240 e. The van der Waals surface area contributed by atoms with Crippen LogP contribution in [0.2, 0.25) is 0 Å². The number of hydrogen-bond acceptors (Lipinski definition) is 5. The summed E-state index contributed by atoms with van der Waals surface area (Å²) in [7, 11) is 0. The molecule has 0 saturated heterocycles. The van der Waals surface area contributed by atoms with Gasteiger partial charge in [-0.05, 0) is 0 Å². The molecule has 0 amide bonds. The van der Waals surface area contributed by atoms with Gasteiger partial charge in [-0.2, -0.15) is 15.4 Å². The Morgan fingerprint density at radius 2 is 2.33 bits per heavy atom. The number of rotatable bonds is 0. The van der Waals surface area contributed by atoms with E-state index in [9.17, 15) is 0 Å². The fraction of sp³-hybridized carbons (Fsp3) is 0.333. The van der Waals surface area contributed by atoms with Crippen LogP contribution < -0.4 is 5.43 Å². The highest BCUT2D eigenvalue weighted by Gasteiger charge is 2.08. The highest BCUT2D eigenvalue weighted by molar-refractivity contribution is 5.38. The minimum atomic E-state index is 0.513. The molecule has 9 heavy (non-hydrogen) atoms. The molecule has 0 atom stereocenters. The van der Waals surface area contributed by atoms with Gasteiger partial charge >= 0.3 is 0 Å². The van der Waals surface area contributed by atoms with Gasteiger partial charge in [0.15, 0.2) is 5.82 Å². The third-order valence-corrected chi connectivity index (χ3v) is 1.07. The maximum absolute atomic E-state index is 3.80. The maximum atomic E-state index is 3.80. The predicted octanol–water partition coefficient (Wildman–Crippen LogP) is 0.0974. The Morgan fingerprint density at radius 1 is 1.33 bits per heavy atom. The quantitative estimate of drug-likeness (QED) is 0.514. The van der Waals surface area contributed by atoms with E-state index in [1.165, 1.54) is 0 Å². The molecule has 0 bridgehead atoms. The number of aromatic amines is 1. The first-order valence-corrected chi connectivity index (χ1v) is 2.49. The van der Waals surface area contributed by atoms with Crippen molar-refractivity contribution < 1.29 is 0 Å². The zero-order valence-corrected chi connectivity index (χ0v) is 4.50. The van der Waals surface area contributed by atoms with Crippen LogP contribution in [0, 0.1) is 0 Å². The highest BCUT2D eigenvalue weighted by atomic mass is 15.5. The first-order valence-electron chi connectivity index (χ1n) is 2.49. The van der Waals surface area contributed by atoms with Gasteiger partial charge in [0.25, 0.3) is 0 Å². The second-order valence-corrected chi connectivity index (χ2v) is 1.63. The van der Waals surface area contributed by atoms with Gasteiger partial charge in [-0.25, -0.2) is 5.43 Å². The molecule has 2 heterocycles. The summed E-state index contributed by atoms with van der Waals surface area (Å²) in [5.74, 6) is 0.671. The second-order valence-electron chi connectivity index (χ2n) is 1.63. The van der Waals surface area contributed by atoms with Crippen LogP contribution in [-0.2, 0) is 6.54 Å². The van der Waals surface area contributed by atoms with Gasteiger partial charge in [-0.15, -0.1) is 5.10 Å². The van der Waals surface area contributed by atoms with E-state index in [2.05, 4.69) is 31.2 Å². The van der Waals surface area contributed by atoms with E-state index in [1.807, 2.05) is 0 Å². The standard InChI is InChI=1S/C3H4N6/c1-2-3(6-8-4-1)7-9-5-2/h1H2,(H2,4,5,6,7,9). The van der Waals surface area contributed by atoms with Crippen molar-refractivity contribution in [3.8, 4) is 0 Å². The third kappa shape index (κ3) is 0.558. The Balaban J connectivity index is 2.46. The zero-order valence-electron chi connectivity index (χ0n) is 4.50. The average molecular weight is 124 g/mol. The lowest BCUT2D eigenvalue weighted by atomic mass is 10.4. The number of aromatic nitrogens is 3. The van der Waals surface area contributed by atoms with Crippen LogP contribution in [-0.4, -0.2) is 15.4 Å². The molecule has 0 fully saturated rings. The van der Waals surface area contributed by atoms with Gasteiger partial charge in [-0.3, -0.25) is 0 Å². The number of anilines is 1. The number of fused-ring (bicyclic) bond motifs is 1. The highest BCUT2D eigenvalue weighted by Crippen LogP contribution is 2.12. The largest absolute Gasteiger partial charge is 0.240 e. The summed E-state index contributed by atoms with van der Waals surface area (Å²) in [6.45, 7) is 0.513. The fourth-order valence-corrected chi connectivity index (χ4v) is 0.638. The molecule has 0 spiro atoms. The number of nitrogens with one attached hydrogen (secondary N) is 2. The molecule has 0 radical (unpaired) electrons. The molecule has 2 N–H and O–H groups in total. The van der Waals surface area contributed by atoms with Crippen LogP contribution in [0.25, 0.3) is 0 Å². The minimum absolute atomic E-state index is 0.513. The third-order valence-electron chi connectivity index (χ3n) is 1.07. The molecular formula is C3H4N6. The van der Waals surface area contributed by atoms with E-state index in [0.717, 1.165) is 5.69 Å². The molecule has 0 aromatic carbocycles. The van der Waals surface area contributed by atoms with Crippen LogP contribution in [0.5, 0.6) is 0 Å². The topological polar surface area (TPSA) is 78.3 Å². The Labute approximate surface area is 50.3 Å². The second kappa shape index (κ2) is 1.51. The number of nitrogens with zero attached hydrogens (tertiary/aromatic N) is 4. The molecule has 0 unspecified atom stereocenters. The summed E-state index contributed by atoms with van der Waals surface area (Å²) in [5.41, 5.74) is 3.41. The van der Waals surface area contributed by atoms with Crippen molar-refractivity contribution in [1.29, 1.82) is 0 Å². The van der Waals surface area contributed by atoms with Crippen molar-refractivity contribution >= 4 is 5.82 Å². The molecule has 6 nitrogen and oxygen atoms in total. The molecule has 0 aliphatic carbocycles.